The van der Waals surface area contributed by atoms with Gasteiger partial charge in [0.2, 0.25) is 0 Å². The Labute approximate surface area is 100 Å². The number of aromatic nitrogens is 3. The van der Waals surface area contributed by atoms with Crippen molar-refractivity contribution in [3.8, 4) is 0 Å². The molecule has 0 amide bonds. The zero-order valence-electron chi connectivity index (χ0n) is 9.74. The van der Waals surface area contributed by atoms with Crippen molar-refractivity contribution in [2.75, 3.05) is 18.4 Å². The number of anilines is 1. The minimum atomic E-state index is 0.512. The third-order valence-corrected chi connectivity index (χ3v) is 3.27. The summed E-state index contributed by atoms with van der Waals surface area (Å²) in [5, 5.41) is 8.03. The molecule has 0 aliphatic carbocycles. The summed E-state index contributed by atoms with van der Waals surface area (Å²) in [5.74, 6) is 0.947. The minimum absolute atomic E-state index is 0.512. The highest BCUT2D eigenvalue weighted by Crippen LogP contribution is 2.20. The lowest BCUT2D eigenvalue weighted by molar-refractivity contribution is 0.635. The normalized spacial score (nSPS) is 21.3. The van der Waals surface area contributed by atoms with Gasteiger partial charge in [-0.15, -0.1) is 0 Å². The van der Waals surface area contributed by atoms with E-state index in [-0.39, 0.29) is 0 Å². The van der Waals surface area contributed by atoms with Crippen LogP contribution in [0.15, 0.2) is 18.6 Å². The lowest BCUT2D eigenvalue weighted by atomic mass is 10.1. The number of fused-ring (bicyclic) bond motifs is 1. The number of nitrogens with zero attached hydrogens (tertiary/aromatic N) is 2. The molecule has 1 fully saturated rings. The maximum absolute atomic E-state index is 4.34. The molecule has 2 aromatic rings. The smallest absolute Gasteiger partial charge is 0.142 e. The van der Waals surface area contributed by atoms with Crippen molar-refractivity contribution in [1.82, 2.24) is 20.3 Å². The lowest BCUT2D eigenvalue weighted by Gasteiger charge is -2.16. The number of rotatable bonds is 2. The van der Waals surface area contributed by atoms with Crippen LogP contribution < -0.4 is 10.6 Å². The molecule has 2 aromatic heterocycles. The third kappa shape index (κ3) is 2.24. The Hall–Kier alpha value is -1.62. The van der Waals surface area contributed by atoms with Crippen LogP contribution in [0, 0.1) is 0 Å². The monoisotopic (exact) mass is 231 g/mol. The second-order valence-corrected chi connectivity index (χ2v) is 4.48. The first-order chi connectivity index (χ1) is 8.43. The molecule has 0 bridgehead atoms. The number of aromatic amines is 1. The van der Waals surface area contributed by atoms with Gasteiger partial charge in [0.1, 0.15) is 17.8 Å². The van der Waals surface area contributed by atoms with Crippen LogP contribution in [0.1, 0.15) is 19.3 Å². The maximum atomic E-state index is 4.34. The van der Waals surface area contributed by atoms with Crippen LogP contribution in [-0.4, -0.2) is 34.1 Å². The van der Waals surface area contributed by atoms with Crippen LogP contribution in [0.4, 0.5) is 5.82 Å². The Morgan fingerprint density at radius 3 is 3.24 bits per heavy atom. The molecule has 90 valence electrons. The molecule has 0 saturated carbocycles. The van der Waals surface area contributed by atoms with Crippen molar-refractivity contribution in [2.45, 2.75) is 25.3 Å². The standard InChI is InChI=1S/C12H17N5/c1-2-9(3-6-13-5-1)17-12-10-4-7-14-11(10)15-8-16-12/h4,7-9,13H,1-3,5-6H2,(H2,14,15,16,17)/t9-/m0/s1. The number of hydrogen-bond donors (Lipinski definition) is 3. The Bertz CT molecular complexity index is 484. The fraction of sp³-hybridized carbons (Fsp3) is 0.500. The summed E-state index contributed by atoms with van der Waals surface area (Å²) in [5.41, 5.74) is 0.897. The van der Waals surface area contributed by atoms with E-state index in [0.717, 1.165) is 36.4 Å². The van der Waals surface area contributed by atoms with E-state index in [1.165, 1.54) is 12.8 Å². The summed E-state index contributed by atoms with van der Waals surface area (Å²) >= 11 is 0. The molecule has 1 saturated heterocycles. The molecule has 1 aliphatic rings. The predicted octanol–water partition coefficient (Wildman–Crippen LogP) is 1.51. The fourth-order valence-electron chi connectivity index (χ4n) is 2.34. The summed E-state index contributed by atoms with van der Waals surface area (Å²) in [6, 6.07) is 2.53. The van der Waals surface area contributed by atoms with Gasteiger partial charge in [0.15, 0.2) is 0 Å². The Kier molecular flexibility index (Phi) is 2.92. The second kappa shape index (κ2) is 4.71. The maximum Gasteiger partial charge on any atom is 0.142 e. The van der Waals surface area contributed by atoms with Gasteiger partial charge in [-0.25, -0.2) is 9.97 Å². The van der Waals surface area contributed by atoms with Gasteiger partial charge in [-0.3, -0.25) is 0 Å². The van der Waals surface area contributed by atoms with E-state index in [0.29, 0.717) is 6.04 Å². The molecule has 3 heterocycles. The van der Waals surface area contributed by atoms with Gasteiger partial charge in [-0.2, -0.15) is 0 Å². The molecule has 1 atom stereocenters. The molecule has 0 radical (unpaired) electrons. The van der Waals surface area contributed by atoms with E-state index in [4.69, 9.17) is 0 Å². The van der Waals surface area contributed by atoms with Crippen molar-refractivity contribution in [3.05, 3.63) is 18.6 Å². The first-order valence-electron chi connectivity index (χ1n) is 6.19. The zero-order chi connectivity index (χ0) is 11.5. The van der Waals surface area contributed by atoms with E-state index < -0.39 is 0 Å². The van der Waals surface area contributed by atoms with Crippen LogP contribution in [-0.2, 0) is 0 Å². The van der Waals surface area contributed by atoms with Crippen LogP contribution in [0.2, 0.25) is 0 Å². The molecule has 5 heteroatoms. The summed E-state index contributed by atoms with van der Waals surface area (Å²) in [4.78, 5) is 11.6. The Morgan fingerprint density at radius 2 is 2.24 bits per heavy atom. The average Bonchev–Trinajstić information content (AvgIpc) is 2.69. The minimum Gasteiger partial charge on any atom is -0.367 e. The van der Waals surface area contributed by atoms with Crippen molar-refractivity contribution in [2.24, 2.45) is 0 Å². The number of H-pyrrole nitrogens is 1. The lowest BCUT2D eigenvalue weighted by Crippen LogP contribution is -2.22. The van der Waals surface area contributed by atoms with Crippen LogP contribution in [0.3, 0.4) is 0 Å². The highest BCUT2D eigenvalue weighted by molar-refractivity contribution is 5.86. The van der Waals surface area contributed by atoms with Crippen molar-refractivity contribution in [3.63, 3.8) is 0 Å². The van der Waals surface area contributed by atoms with E-state index in [9.17, 15) is 0 Å². The molecule has 0 unspecified atom stereocenters. The van der Waals surface area contributed by atoms with Gasteiger partial charge >= 0.3 is 0 Å². The summed E-state index contributed by atoms with van der Waals surface area (Å²) in [6.45, 7) is 2.21. The van der Waals surface area contributed by atoms with Crippen LogP contribution in [0.25, 0.3) is 11.0 Å². The highest BCUT2D eigenvalue weighted by atomic mass is 15.1. The number of hydrogen-bond acceptors (Lipinski definition) is 4. The Balaban J connectivity index is 1.81. The number of nitrogens with one attached hydrogen (secondary N) is 3. The molecular weight excluding hydrogens is 214 g/mol. The second-order valence-electron chi connectivity index (χ2n) is 4.48. The molecule has 3 N–H and O–H groups in total. The molecule has 3 rings (SSSR count). The SMILES string of the molecule is c1nc(N[C@H]2CCCNCC2)c2cc[nH]c2n1. The summed E-state index contributed by atoms with van der Waals surface area (Å²) < 4.78 is 0. The van der Waals surface area contributed by atoms with Gasteiger partial charge in [0.25, 0.3) is 0 Å². The van der Waals surface area contributed by atoms with Crippen LogP contribution >= 0.6 is 0 Å². The van der Waals surface area contributed by atoms with Gasteiger partial charge in [-0.1, -0.05) is 0 Å². The predicted molar refractivity (Wildman–Crippen MR) is 68.0 cm³/mol. The van der Waals surface area contributed by atoms with Crippen molar-refractivity contribution >= 4 is 16.9 Å². The van der Waals surface area contributed by atoms with E-state index >= 15 is 0 Å². The van der Waals surface area contributed by atoms with Gasteiger partial charge in [0, 0.05) is 12.2 Å². The van der Waals surface area contributed by atoms with E-state index in [1.807, 2.05) is 12.3 Å². The van der Waals surface area contributed by atoms with Gasteiger partial charge in [-0.05, 0) is 38.4 Å². The zero-order valence-corrected chi connectivity index (χ0v) is 9.74. The average molecular weight is 231 g/mol. The van der Waals surface area contributed by atoms with E-state index in [1.54, 1.807) is 6.33 Å². The molecule has 1 aliphatic heterocycles. The topological polar surface area (TPSA) is 65.6 Å². The summed E-state index contributed by atoms with van der Waals surface area (Å²) in [6.07, 6.45) is 7.08. The first-order valence-corrected chi connectivity index (χ1v) is 6.19. The molecule has 0 spiro atoms. The molecule has 17 heavy (non-hydrogen) atoms. The van der Waals surface area contributed by atoms with Gasteiger partial charge in [0.05, 0.1) is 5.39 Å². The largest absolute Gasteiger partial charge is 0.367 e. The van der Waals surface area contributed by atoms with Crippen molar-refractivity contribution < 1.29 is 0 Å². The Morgan fingerprint density at radius 1 is 1.24 bits per heavy atom. The van der Waals surface area contributed by atoms with Gasteiger partial charge < -0.3 is 15.6 Å². The third-order valence-electron chi connectivity index (χ3n) is 3.27. The van der Waals surface area contributed by atoms with E-state index in [2.05, 4.69) is 25.6 Å². The van der Waals surface area contributed by atoms with Crippen molar-refractivity contribution in [1.29, 1.82) is 0 Å². The van der Waals surface area contributed by atoms with Crippen LogP contribution in [0.5, 0.6) is 0 Å². The molecule has 0 aromatic carbocycles. The first kappa shape index (κ1) is 10.5. The molecule has 5 nitrogen and oxygen atoms in total. The fourth-order valence-corrected chi connectivity index (χ4v) is 2.34. The summed E-state index contributed by atoms with van der Waals surface area (Å²) in [7, 11) is 0. The molecular formula is C12H17N5. The highest BCUT2D eigenvalue weighted by Gasteiger charge is 2.13. The quantitative estimate of drug-likeness (QED) is 0.733.